The Labute approximate surface area is 166 Å². The molecule has 0 radical (unpaired) electrons. The normalized spacial score (nSPS) is 11.6. The number of aromatic nitrogens is 4. The van der Waals surface area contributed by atoms with Crippen LogP contribution in [0.5, 0.6) is 0 Å². The van der Waals surface area contributed by atoms with Gasteiger partial charge in [-0.15, -0.1) is 16.9 Å². The van der Waals surface area contributed by atoms with Gasteiger partial charge in [0.2, 0.25) is 0 Å². The highest BCUT2D eigenvalue weighted by atomic mass is 32.2. The standard InChI is InChI=1S/C19H17N5O2S2/c1-13-8-10-15(11-9-13)28(25,26)23-18-21-19-20-17(27-2)12-16(24(19)22-18)14-6-4-3-5-7-14/h3-12H,1-2H3,(H,22,23). The lowest BCUT2D eigenvalue weighted by molar-refractivity contribution is 0.601. The van der Waals surface area contributed by atoms with Crippen LogP contribution in [0.1, 0.15) is 5.56 Å². The van der Waals surface area contributed by atoms with E-state index in [1.54, 1.807) is 28.8 Å². The highest BCUT2D eigenvalue weighted by Crippen LogP contribution is 2.25. The van der Waals surface area contributed by atoms with Crippen molar-refractivity contribution in [2.45, 2.75) is 16.8 Å². The molecule has 1 N–H and O–H groups in total. The Morgan fingerprint density at radius 2 is 1.71 bits per heavy atom. The lowest BCUT2D eigenvalue weighted by Crippen LogP contribution is -2.14. The molecule has 2 aromatic carbocycles. The molecule has 28 heavy (non-hydrogen) atoms. The zero-order valence-corrected chi connectivity index (χ0v) is 16.8. The van der Waals surface area contributed by atoms with Gasteiger partial charge in [-0.05, 0) is 31.4 Å². The maximum absolute atomic E-state index is 12.6. The molecule has 0 bridgehead atoms. The smallest absolute Gasteiger partial charge is 0.246 e. The van der Waals surface area contributed by atoms with Gasteiger partial charge in [0.05, 0.1) is 10.6 Å². The summed E-state index contributed by atoms with van der Waals surface area (Å²) < 4.78 is 29.3. The van der Waals surface area contributed by atoms with Crippen LogP contribution in [0.3, 0.4) is 0 Å². The van der Waals surface area contributed by atoms with E-state index in [1.807, 2.05) is 49.6 Å². The summed E-state index contributed by atoms with van der Waals surface area (Å²) in [6.45, 7) is 1.90. The molecule has 4 aromatic rings. The number of benzene rings is 2. The number of hydrogen-bond acceptors (Lipinski definition) is 6. The number of rotatable bonds is 5. The Kier molecular flexibility index (Phi) is 4.78. The average molecular weight is 412 g/mol. The summed E-state index contributed by atoms with van der Waals surface area (Å²) in [5.41, 5.74) is 2.69. The molecule has 0 saturated carbocycles. The second-order valence-corrected chi connectivity index (χ2v) is 8.62. The third kappa shape index (κ3) is 3.58. The first-order chi connectivity index (χ1) is 13.5. The number of aryl methyl sites for hydroxylation is 1. The van der Waals surface area contributed by atoms with E-state index in [0.717, 1.165) is 21.8 Å². The molecular weight excluding hydrogens is 394 g/mol. The Morgan fingerprint density at radius 3 is 2.39 bits per heavy atom. The van der Waals surface area contributed by atoms with Gasteiger partial charge in [0.25, 0.3) is 21.7 Å². The first-order valence-corrected chi connectivity index (χ1v) is 11.1. The SMILES string of the molecule is CSc1cc(-c2ccccc2)n2nc(NS(=O)(=O)c3ccc(C)cc3)nc2n1. The van der Waals surface area contributed by atoms with E-state index in [0.29, 0.717) is 5.78 Å². The second kappa shape index (κ2) is 7.25. The Morgan fingerprint density at radius 1 is 1.00 bits per heavy atom. The Hall–Kier alpha value is -2.91. The molecule has 7 nitrogen and oxygen atoms in total. The fourth-order valence-corrected chi connectivity index (χ4v) is 4.05. The van der Waals surface area contributed by atoms with Gasteiger partial charge in [0.15, 0.2) is 0 Å². The maximum atomic E-state index is 12.6. The second-order valence-electron chi connectivity index (χ2n) is 6.12. The van der Waals surface area contributed by atoms with E-state index in [4.69, 9.17) is 0 Å². The third-order valence-electron chi connectivity index (χ3n) is 4.12. The molecule has 0 fully saturated rings. The van der Waals surface area contributed by atoms with Crippen LogP contribution in [-0.4, -0.2) is 34.3 Å². The summed E-state index contributed by atoms with van der Waals surface area (Å²) in [5, 5.41) is 5.11. The summed E-state index contributed by atoms with van der Waals surface area (Å²) in [6.07, 6.45) is 1.92. The van der Waals surface area contributed by atoms with Gasteiger partial charge in [0, 0.05) is 5.56 Å². The van der Waals surface area contributed by atoms with Crippen molar-refractivity contribution in [1.29, 1.82) is 0 Å². The van der Waals surface area contributed by atoms with Crippen molar-refractivity contribution in [1.82, 2.24) is 19.6 Å². The van der Waals surface area contributed by atoms with E-state index >= 15 is 0 Å². The maximum Gasteiger partial charge on any atom is 0.264 e. The molecule has 0 aliphatic carbocycles. The monoisotopic (exact) mass is 411 g/mol. The van der Waals surface area contributed by atoms with Crippen LogP contribution < -0.4 is 4.72 Å². The summed E-state index contributed by atoms with van der Waals surface area (Å²) in [5.74, 6) is 0.302. The number of nitrogens with zero attached hydrogens (tertiary/aromatic N) is 4. The number of nitrogens with one attached hydrogen (secondary N) is 1. The molecule has 2 aromatic heterocycles. The van der Waals surface area contributed by atoms with E-state index in [9.17, 15) is 8.42 Å². The van der Waals surface area contributed by atoms with E-state index < -0.39 is 10.0 Å². The third-order valence-corrected chi connectivity index (χ3v) is 6.10. The van der Waals surface area contributed by atoms with Crippen molar-refractivity contribution in [3.05, 3.63) is 66.2 Å². The fraction of sp³-hybridized carbons (Fsp3) is 0.105. The first kappa shape index (κ1) is 18.5. The predicted octanol–water partition coefficient (Wildman–Crippen LogP) is 3.62. The van der Waals surface area contributed by atoms with Crippen molar-refractivity contribution in [2.75, 3.05) is 11.0 Å². The van der Waals surface area contributed by atoms with Crippen molar-refractivity contribution < 1.29 is 8.42 Å². The van der Waals surface area contributed by atoms with Crippen molar-refractivity contribution in [2.24, 2.45) is 0 Å². The minimum absolute atomic E-state index is 0.0245. The van der Waals surface area contributed by atoms with Gasteiger partial charge in [-0.1, -0.05) is 48.0 Å². The molecular formula is C19H17N5O2S2. The molecule has 0 atom stereocenters. The molecule has 0 saturated heterocycles. The van der Waals surface area contributed by atoms with Gasteiger partial charge in [-0.2, -0.15) is 9.50 Å². The molecule has 142 valence electrons. The molecule has 0 aliphatic heterocycles. The van der Waals surface area contributed by atoms with Crippen LogP contribution in [0.15, 0.2) is 70.6 Å². The molecule has 0 spiro atoms. The largest absolute Gasteiger partial charge is 0.264 e. The number of fused-ring (bicyclic) bond motifs is 1. The van der Waals surface area contributed by atoms with Gasteiger partial charge in [0.1, 0.15) is 5.03 Å². The quantitative estimate of drug-likeness (QED) is 0.398. The van der Waals surface area contributed by atoms with Crippen LogP contribution in [0, 0.1) is 6.92 Å². The van der Waals surface area contributed by atoms with Crippen LogP contribution in [0.25, 0.3) is 17.0 Å². The Balaban J connectivity index is 1.78. The molecule has 0 amide bonds. The lowest BCUT2D eigenvalue weighted by Gasteiger charge is -2.06. The number of sulfonamides is 1. The number of anilines is 1. The molecule has 4 rings (SSSR count). The fourth-order valence-electron chi connectivity index (χ4n) is 2.71. The molecule has 9 heteroatoms. The minimum Gasteiger partial charge on any atom is -0.246 e. The van der Waals surface area contributed by atoms with E-state index in [1.165, 1.54) is 11.8 Å². The minimum atomic E-state index is -3.79. The van der Waals surface area contributed by atoms with Gasteiger partial charge >= 0.3 is 0 Å². The molecule has 0 aliphatic rings. The van der Waals surface area contributed by atoms with Gasteiger partial charge in [-0.3, -0.25) is 0 Å². The molecule has 0 unspecified atom stereocenters. The van der Waals surface area contributed by atoms with E-state index in [2.05, 4.69) is 19.8 Å². The zero-order chi connectivity index (χ0) is 19.7. The van der Waals surface area contributed by atoms with Gasteiger partial charge < -0.3 is 0 Å². The van der Waals surface area contributed by atoms with Crippen LogP contribution in [0.2, 0.25) is 0 Å². The van der Waals surface area contributed by atoms with Crippen LogP contribution in [-0.2, 0) is 10.0 Å². The van der Waals surface area contributed by atoms with Crippen LogP contribution in [0.4, 0.5) is 5.95 Å². The highest BCUT2D eigenvalue weighted by Gasteiger charge is 2.19. The van der Waals surface area contributed by atoms with Crippen LogP contribution >= 0.6 is 11.8 Å². The summed E-state index contributed by atoms with van der Waals surface area (Å²) in [7, 11) is -3.79. The first-order valence-electron chi connectivity index (χ1n) is 8.43. The molecule has 2 heterocycles. The highest BCUT2D eigenvalue weighted by molar-refractivity contribution is 7.98. The lowest BCUT2D eigenvalue weighted by atomic mass is 10.1. The summed E-state index contributed by atoms with van der Waals surface area (Å²) in [4.78, 5) is 8.86. The Bertz CT molecular complexity index is 1240. The topological polar surface area (TPSA) is 89.2 Å². The summed E-state index contributed by atoms with van der Waals surface area (Å²) in [6, 6.07) is 18.2. The van der Waals surface area contributed by atoms with E-state index in [-0.39, 0.29) is 10.8 Å². The van der Waals surface area contributed by atoms with Crippen molar-refractivity contribution >= 4 is 33.5 Å². The van der Waals surface area contributed by atoms with Crippen molar-refractivity contribution in [3.63, 3.8) is 0 Å². The van der Waals surface area contributed by atoms with Crippen molar-refractivity contribution in [3.8, 4) is 11.3 Å². The number of thioether (sulfide) groups is 1. The zero-order valence-electron chi connectivity index (χ0n) is 15.2. The average Bonchev–Trinajstić information content (AvgIpc) is 3.09. The summed E-state index contributed by atoms with van der Waals surface area (Å²) >= 11 is 1.48. The number of hydrogen-bond donors (Lipinski definition) is 1. The predicted molar refractivity (Wildman–Crippen MR) is 110 cm³/mol. The van der Waals surface area contributed by atoms with Gasteiger partial charge in [-0.25, -0.2) is 18.1 Å².